The summed E-state index contributed by atoms with van der Waals surface area (Å²) in [5.74, 6) is 0. The molecule has 78 valence electrons. The number of hydrogen-bond acceptors (Lipinski definition) is 1. The fourth-order valence-corrected chi connectivity index (χ4v) is 2.25. The van der Waals surface area contributed by atoms with Gasteiger partial charge in [-0.3, -0.25) is 0 Å². The number of para-hydroxylation sites is 1. The van der Waals surface area contributed by atoms with Gasteiger partial charge in [0.05, 0.1) is 10.3 Å². The number of aromatic amines is 1. The van der Waals surface area contributed by atoms with Crippen molar-refractivity contribution in [1.82, 2.24) is 5.10 Å². The maximum atomic E-state index is 11.7. The van der Waals surface area contributed by atoms with Crippen LogP contribution in [-0.2, 0) is 0 Å². The first-order valence-corrected chi connectivity index (χ1v) is 5.68. The minimum atomic E-state index is 0.646. The van der Waals surface area contributed by atoms with Crippen LogP contribution in [0.3, 0.4) is 0 Å². The van der Waals surface area contributed by atoms with E-state index in [2.05, 4.69) is 21.0 Å². The molecular formula is C12H8BrN2O+. The van der Waals surface area contributed by atoms with Gasteiger partial charge in [0.1, 0.15) is 5.52 Å². The summed E-state index contributed by atoms with van der Waals surface area (Å²) in [5.41, 5.74) is 1.48. The molecule has 3 aromatic rings. The molecule has 2 aromatic carbocycles. The van der Waals surface area contributed by atoms with Gasteiger partial charge in [-0.1, -0.05) is 28.1 Å². The molecule has 0 bridgehead atoms. The lowest BCUT2D eigenvalue weighted by molar-refractivity contribution is -0.532. The van der Waals surface area contributed by atoms with Crippen LogP contribution in [0.4, 0.5) is 0 Å². The van der Waals surface area contributed by atoms with Crippen molar-refractivity contribution in [2.75, 3.05) is 0 Å². The molecule has 0 fully saturated rings. The van der Waals surface area contributed by atoms with Crippen molar-refractivity contribution in [3.05, 3.63) is 51.8 Å². The maximum Gasteiger partial charge on any atom is 0.300 e. The van der Waals surface area contributed by atoms with Gasteiger partial charge in [0.15, 0.2) is 4.54 Å². The molecule has 0 saturated heterocycles. The Bertz CT molecular complexity index is 749. The predicted molar refractivity (Wildman–Crippen MR) is 66.9 cm³/mol. The Morgan fingerprint density at radius 3 is 2.75 bits per heavy atom. The van der Waals surface area contributed by atoms with E-state index in [1.165, 1.54) is 0 Å². The number of rotatable bonds is 0. The average molecular weight is 276 g/mol. The Morgan fingerprint density at radius 1 is 1.06 bits per heavy atom. The summed E-state index contributed by atoms with van der Waals surface area (Å²) in [6, 6.07) is 13.4. The standard InChI is InChI=1S/C12H8BrN2O/c13-8-5-6-11-10(7-8)9-3-1-2-4-12(9)15(16)14-11/h1-7H,(H,14,16)/q+1. The topological polar surface area (TPSA) is 38.8 Å². The molecule has 16 heavy (non-hydrogen) atoms. The molecule has 3 rings (SSSR count). The zero-order valence-electron chi connectivity index (χ0n) is 8.27. The average Bonchev–Trinajstić information content (AvgIpc) is 2.31. The molecular weight excluding hydrogens is 268 g/mol. The Balaban J connectivity index is 2.66. The highest BCUT2D eigenvalue weighted by atomic mass is 79.9. The van der Waals surface area contributed by atoms with Crippen LogP contribution in [0.2, 0.25) is 0 Å². The molecule has 1 heterocycles. The monoisotopic (exact) mass is 275 g/mol. The van der Waals surface area contributed by atoms with Crippen molar-refractivity contribution in [3.63, 3.8) is 0 Å². The molecule has 1 aromatic heterocycles. The van der Waals surface area contributed by atoms with E-state index in [0.717, 1.165) is 25.3 Å². The number of nitrogens with one attached hydrogen (secondary N) is 1. The minimum absolute atomic E-state index is 0.646. The molecule has 0 aliphatic heterocycles. The summed E-state index contributed by atoms with van der Waals surface area (Å²) < 4.78 is 1.80. The van der Waals surface area contributed by atoms with Crippen LogP contribution >= 0.6 is 15.9 Å². The third-order valence-corrected chi connectivity index (χ3v) is 3.11. The largest absolute Gasteiger partial charge is 0.300 e. The third-order valence-electron chi connectivity index (χ3n) is 2.62. The van der Waals surface area contributed by atoms with Gasteiger partial charge in [-0.2, -0.15) is 0 Å². The quantitative estimate of drug-likeness (QED) is 0.497. The summed E-state index contributed by atoms with van der Waals surface area (Å²) in [7, 11) is 0. The van der Waals surface area contributed by atoms with Crippen molar-refractivity contribution in [1.29, 1.82) is 0 Å². The summed E-state index contributed by atoms with van der Waals surface area (Å²) in [6.07, 6.45) is 0. The van der Waals surface area contributed by atoms with Gasteiger partial charge in [-0.05, 0) is 24.3 Å². The summed E-state index contributed by atoms with van der Waals surface area (Å²) >= 11 is 3.44. The van der Waals surface area contributed by atoms with E-state index in [4.69, 9.17) is 0 Å². The predicted octanol–water partition coefficient (Wildman–Crippen LogP) is 3.00. The zero-order valence-corrected chi connectivity index (χ0v) is 9.86. The van der Waals surface area contributed by atoms with Gasteiger partial charge in [0.2, 0.25) is 0 Å². The molecule has 1 N–H and O–H groups in total. The Labute approximate surface area is 99.4 Å². The summed E-state index contributed by atoms with van der Waals surface area (Å²) in [6.45, 7) is 0. The molecule has 0 aliphatic carbocycles. The number of benzene rings is 2. The minimum Gasteiger partial charge on any atom is -0.114 e. The van der Waals surface area contributed by atoms with Crippen molar-refractivity contribution >= 4 is 37.7 Å². The van der Waals surface area contributed by atoms with Gasteiger partial charge < -0.3 is 0 Å². The van der Waals surface area contributed by atoms with E-state index >= 15 is 0 Å². The Hall–Kier alpha value is -1.68. The second kappa shape index (κ2) is 3.42. The van der Waals surface area contributed by atoms with Gasteiger partial charge in [-0.15, -0.1) is 5.10 Å². The van der Waals surface area contributed by atoms with Crippen molar-refractivity contribution in [3.8, 4) is 0 Å². The third kappa shape index (κ3) is 1.34. The number of halogens is 1. The first-order chi connectivity index (χ1) is 7.75. The molecule has 0 aliphatic rings. The van der Waals surface area contributed by atoms with Crippen LogP contribution in [0.5, 0.6) is 0 Å². The fraction of sp³-hybridized carbons (Fsp3) is 0. The number of nitrogens with zero attached hydrogens (tertiary/aromatic N) is 1. The van der Waals surface area contributed by atoms with Gasteiger partial charge in [0, 0.05) is 15.9 Å². The summed E-state index contributed by atoms with van der Waals surface area (Å²) in [5, 5.41) is 4.79. The van der Waals surface area contributed by atoms with Gasteiger partial charge >= 0.3 is 0 Å². The molecule has 4 heteroatoms. The van der Waals surface area contributed by atoms with Crippen LogP contribution in [-0.4, -0.2) is 5.10 Å². The highest BCUT2D eigenvalue weighted by Gasteiger charge is 2.10. The second-order valence-corrected chi connectivity index (χ2v) is 4.53. The molecule has 0 spiro atoms. The number of H-pyrrole nitrogens is 1. The van der Waals surface area contributed by atoms with Crippen LogP contribution in [0, 0.1) is 4.91 Å². The van der Waals surface area contributed by atoms with Gasteiger partial charge in [-0.25, -0.2) is 0 Å². The van der Waals surface area contributed by atoms with Crippen LogP contribution in [0.15, 0.2) is 46.9 Å². The SMILES string of the molecule is O=[n+]1[nH]c2ccc(Br)cc2c2ccccc21. The Morgan fingerprint density at radius 2 is 1.88 bits per heavy atom. The van der Waals surface area contributed by atoms with E-state index < -0.39 is 0 Å². The van der Waals surface area contributed by atoms with E-state index in [1.807, 2.05) is 36.4 Å². The lowest BCUT2D eigenvalue weighted by Gasteiger charge is -1.98. The van der Waals surface area contributed by atoms with E-state index in [9.17, 15) is 4.91 Å². The van der Waals surface area contributed by atoms with Crippen molar-refractivity contribution in [2.24, 2.45) is 0 Å². The first kappa shape index (κ1) is 9.54. The lowest BCUT2D eigenvalue weighted by atomic mass is 10.1. The lowest BCUT2D eigenvalue weighted by Crippen LogP contribution is -2.20. The molecule has 0 unspecified atom stereocenters. The molecule has 0 amide bonds. The van der Waals surface area contributed by atoms with E-state index in [0.29, 0.717) is 5.52 Å². The Kier molecular flexibility index (Phi) is 2.04. The molecule has 0 atom stereocenters. The van der Waals surface area contributed by atoms with Gasteiger partial charge in [0.25, 0.3) is 5.52 Å². The van der Waals surface area contributed by atoms with Crippen molar-refractivity contribution in [2.45, 2.75) is 0 Å². The van der Waals surface area contributed by atoms with Crippen LogP contribution in [0.25, 0.3) is 21.8 Å². The normalized spacial score (nSPS) is 11.1. The van der Waals surface area contributed by atoms with Crippen LogP contribution < -0.4 is 4.54 Å². The smallest absolute Gasteiger partial charge is 0.114 e. The second-order valence-electron chi connectivity index (χ2n) is 3.61. The summed E-state index contributed by atoms with van der Waals surface area (Å²) in [4.78, 5) is 11.7. The van der Waals surface area contributed by atoms with E-state index in [-0.39, 0.29) is 0 Å². The van der Waals surface area contributed by atoms with Crippen molar-refractivity contribution < 1.29 is 4.54 Å². The highest BCUT2D eigenvalue weighted by molar-refractivity contribution is 9.10. The number of fused-ring (bicyclic) bond motifs is 3. The van der Waals surface area contributed by atoms with Crippen LogP contribution in [0.1, 0.15) is 0 Å². The first-order valence-electron chi connectivity index (χ1n) is 4.88. The zero-order chi connectivity index (χ0) is 11.1. The maximum absolute atomic E-state index is 11.7. The number of hydrogen-bond donors (Lipinski definition) is 1. The highest BCUT2D eigenvalue weighted by Crippen LogP contribution is 2.23. The molecule has 3 nitrogen and oxygen atoms in total. The van der Waals surface area contributed by atoms with E-state index in [1.54, 1.807) is 6.07 Å². The molecule has 0 saturated carbocycles. The fourth-order valence-electron chi connectivity index (χ4n) is 1.88. The number of aromatic nitrogens is 2. The molecule has 0 radical (unpaired) electrons.